The van der Waals surface area contributed by atoms with E-state index in [1.165, 1.54) is 37.7 Å². The molecule has 0 bridgehead atoms. The standard InChI is InChI=1S/C14H18BrF/c15-10-14(11-4-2-1-3-5-11)12-6-8-13(16)9-7-12/h6-9,11,14H,1-5,10H2. The summed E-state index contributed by atoms with van der Waals surface area (Å²) in [6.07, 6.45) is 6.75. The highest BCUT2D eigenvalue weighted by Gasteiger charge is 2.23. The first kappa shape index (κ1) is 12.1. The van der Waals surface area contributed by atoms with Crippen molar-refractivity contribution in [1.29, 1.82) is 0 Å². The Morgan fingerprint density at radius 1 is 1.12 bits per heavy atom. The van der Waals surface area contributed by atoms with Crippen molar-refractivity contribution in [3.63, 3.8) is 0 Å². The van der Waals surface area contributed by atoms with E-state index in [-0.39, 0.29) is 5.82 Å². The van der Waals surface area contributed by atoms with Crippen molar-refractivity contribution in [2.75, 3.05) is 5.33 Å². The van der Waals surface area contributed by atoms with Crippen molar-refractivity contribution in [3.8, 4) is 0 Å². The minimum absolute atomic E-state index is 0.138. The summed E-state index contributed by atoms with van der Waals surface area (Å²) in [5, 5.41) is 0.989. The molecular formula is C14H18BrF. The SMILES string of the molecule is Fc1ccc(C(CBr)C2CCCCC2)cc1. The molecule has 2 heteroatoms. The van der Waals surface area contributed by atoms with E-state index < -0.39 is 0 Å². The summed E-state index contributed by atoms with van der Waals surface area (Å²) < 4.78 is 12.9. The highest BCUT2D eigenvalue weighted by atomic mass is 79.9. The van der Waals surface area contributed by atoms with Crippen LogP contribution in [0.4, 0.5) is 4.39 Å². The van der Waals surface area contributed by atoms with E-state index in [1.807, 2.05) is 12.1 Å². The molecule has 0 nitrogen and oxygen atoms in total. The molecule has 1 fully saturated rings. The Labute approximate surface area is 105 Å². The minimum Gasteiger partial charge on any atom is -0.207 e. The van der Waals surface area contributed by atoms with Crippen molar-refractivity contribution in [2.24, 2.45) is 5.92 Å². The quantitative estimate of drug-likeness (QED) is 0.694. The zero-order chi connectivity index (χ0) is 11.4. The van der Waals surface area contributed by atoms with E-state index in [2.05, 4.69) is 15.9 Å². The molecule has 1 aliphatic carbocycles. The Morgan fingerprint density at radius 2 is 1.75 bits per heavy atom. The maximum Gasteiger partial charge on any atom is 0.123 e. The second-order valence-corrected chi connectivity index (χ2v) is 5.36. The number of hydrogen-bond donors (Lipinski definition) is 0. The van der Waals surface area contributed by atoms with Gasteiger partial charge in [-0.1, -0.05) is 47.3 Å². The normalized spacial score (nSPS) is 19.6. The van der Waals surface area contributed by atoms with E-state index in [1.54, 1.807) is 12.1 Å². The first-order valence-electron chi connectivity index (χ1n) is 6.12. The molecule has 1 atom stereocenters. The Kier molecular flexibility index (Phi) is 4.39. The molecule has 88 valence electrons. The lowest BCUT2D eigenvalue weighted by Crippen LogP contribution is -2.17. The lowest BCUT2D eigenvalue weighted by atomic mass is 9.78. The molecule has 0 aromatic heterocycles. The molecule has 1 unspecified atom stereocenters. The maximum absolute atomic E-state index is 12.9. The number of alkyl halides is 1. The summed E-state index contributed by atoms with van der Waals surface area (Å²) in [4.78, 5) is 0. The highest BCUT2D eigenvalue weighted by Crippen LogP contribution is 2.37. The monoisotopic (exact) mass is 284 g/mol. The van der Waals surface area contributed by atoms with Crippen LogP contribution >= 0.6 is 15.9 Å². The van der Waals surface area contributed by atoms with E-state index in [0.717, 1.165) is 11.2 Å². The van der Waals surface area contributed by atoms with Crippen LogP contribution in [-0.4, -0.2) is 5.33 Å². The first-order valence-corrected chi connectivity index (χ1v) is 7.25. The molecule has 0 saturated heterocycles. The fraction of sp³-hybridized carbons (Fsp3) is 0.571. The van der Waals surface area contributed by atoms with E-state index >= 15 is 0 Å². The van der Waals surface area contributed by atoms with Gasteiger partial charge in [-0.05, 0) is 42.4 Å². The van der Waals surface area contributed by atoms with Crippen LogP contribution in [0.1, 0.15) is 43.6 Å². The zero-order valence-corrected chi connectivity index (χ0v) is 11.0. The summed E-state index contributed by atoms with van der Waals surface area (Å²) in [5.41, 5.74) is 1.28. The Bertz CT molecular complexity index is 314. The van der Waals surface area contributed by atoms with Gasteiger partial charge in [0, 0.05) is 5.33 Å². The Hall–Kier alpha value is -0.370. The van der Waals surface area contributed by atoms with Gasteiger partial charge in [0.15, 0.2) is 0 Å². The van der Waals surface area contributed by atoms with Crippen molar-refractivity contribution >= 4 is 15.9 Å². The summed E-state index contributed by atoms with van der Waals surface area (Å²) in [5.74, 6) is 1.19. The number of halogens is 2. The molecule has 0 radical (unpaired) electrons. The Balaban J connectivity index is 2.11. The Morgan fingerprint density at radius 3 is 2.31 bits per heavy atom. The molecule has 0 heterocycles. The minimum atomic E-state index is -0.138. The van der Waals surface area contributed by atoms with Gasteiger partial charge in [-0.3, -0.25) is 0 Å². The average Bonchev–Trinajstić information content (AvgIpc) is 2.34. The number of rotatable bonds is 3. The topological polar surface area (TPSA) is 0 Å². The summed E-state index contributed by atoms with van der Waals surface area (Å²) in [7, 11) is 0. The third-order valence-corrected chi connectivity index (χ3v) is 4.38. The average molecular weight is 285 g/mol. The summed E-state index contributed by atoms with van der Waals surface area (Å²) >= 11 is 3.61. The van der Waals surface area contributed by atoms with Gasteiger partial charge in [0.05, 0.1) is 0 Å². The van der Waals surface area contributed by atoms with Crippen LogP contribution in [-0.2, 0) is 0 Å². The van der Waals surface area contributed by atoms with Gasteiger partial charge in [0.25, 0.3) is 0 Å². The first-order chi connectivity index (χ1) is 7.81. The molecule has 0 spiro atoms. The lowest BCUT2D eigenvalue weighted by molar-refractivity contribution is 0.319. The van der Waals surface area contributed by atoms with E-state index in [4.69, 9.17) is 0 Å². The van der Waals surface area contributed by atoms with Crippen molar-refractivity contribution < 1.29 is 4.39 Å². The lowest BCUT2D eigenvalue weighted by Gasteiger charge is -2.29. The molecule has 1 aliphatic rings. The molecule has 0 amide bonds. The van der Waals surface area contributed by atoms with Crippen molar-refractivity contribution in [1.82, 2.24) is 0 Å². The molecule has 0 N–H and O–H groups in total. The fourth-order valence-electron chi connectivity index (χ4n) is 2.73. The van der Waals surface area contributed by atoms with E-state index in [9.17, 15) is 4.39 Å². The third kappa shape index (κ3) is 2.85. The molecule has 1 saturated carbocycles. The van der Waals surface area contributed by atoms with Crippen LogP contribution in [0, 0.1) is 11.7 Å². The molecule has 1 aromatic carbocycles. The zero-order valence-electron chi connectivity index (χ0n) is 9.46. The molecular weight excluding hydrogens is 267 g/mol. The van der Waals surface area contributed by atoms with Crippen molar-refractivity contribution in [3.05, 3.63) is 35.6 Å². The van der Waals surface area contributed by atoms with Gasteiger partial charge in [-0.15, -0.1) is 0 Å². The molecule has 0 aliphatic heterocycles. The predicted molar refractivity (Wildman–Crippen MR) is 69.5 cm³/mol. The largest absolute Gasteiger partial charge is 0.207 e. The fourth-order valence-corrected chi connectivity index (χ4v) is 3.64. The van der Waals surface area contributed by atoms with Crippen LogP contribution in [0.2, 0.25) is 0 Å². The predicted octanol–water partition coefficient (Wildman–Crippen LogP) is 4.88. The maximum atomic E-state index is 12.9. The number of benzene rings is 1. The van der Waals surface area contributed by atoms with Crippen LogP contribution in [0.25, 0.3) is 0 Å². The summed E-state index contributed by atoms with van der Waals surface area (Å²) in [6, 6.07) is 7.04. The van der Waals surface area contributed by atoms with Crippen molar-refractivity contribution in [2.45, 2.75) is 38.0 Å². The van der Waals surface area contributed by atoms with Gasteiger partial charge in [-0.2, -0.15) is 0 Å². The number of hydrogen-bond acceptors (Lipinski definition) is 0. The van der Waals surface area contributed by atoms with Gasteiger partial charge < -0.3 is 0 Å². The van der Waals surface area contributed by atoms with Crippen LogP contribution in [0.5, 0.6) is 0 Å². The summed E-state index contributed by atoms with van der Waals surface area (Å²) in [6.45, 7) is 0. The van der Waals surface area contributed by atoms with Gasteiger partial charge in [-0.25, -0.2) is 4.39 Å². The van der Waals surface area contributed by atoms with Gasteiger partial charge >= 0.3 is 0 Å². The third-order valence-electron chi connectivity index (χ3n) is 3.68. The van der Waals surface area contributed by atoms with Gasteiger partial charge in [0.1, 0.15) is 5.82 Å². The van der Waals surface area contributed by atoms with Gasteiger partial charge in [0.2, 0.25) is 0 Å². The van der Waals surface area contributed by atoms with Crippen LogP contribution in [0.3, 0.4) is 0 Å². The second kappa shape index (κ2) is 5.81. The molecule has 16 heavy (non-hydrogen) atoms. The van der Waals surface area contributed by atoms with Crippen LogP contribution < -0.4 is 0 Å². The van der Waals surface area contributed by atoms with E-state index in [0.29, 0.717) is 5.92 Å². The second-order valence-electron chi connectivity index (χ2n) is 4.71. The molecule has 2 rings (SSSR count). The smallest absolute Gasteiger partial charge is 0.123 e. The highest BCUT2D eigenvalue weighted by molar-refractivity contribution is 9.09. The molecule has 1 aromatic rings. The van der Waals surface area contributed by atoms with Crippen LogP contribution in [0.15, 0.2) is 24.3 Å².